The van der Waals surface area contributed by atoms with Crippen LogP contribution in [0.1, 0.15) is 0 Å². The minimum absolute atomic E-state index is 0.0575. The van der Waals surface area contributed by atoms with Gasteiger partial charge in [0, 0.05) is 6.07 Å². The van der Waals surface area contributed by atoms with Crippen LogP contribution in [-0.4, -0.2) is 11.0 Å². The van der Waals surface area contributed by atoms with E-state index in [1.807, 2.05) is 0 Å². The van der Waals surface area contributed by atoms with E-state index in [-0.39, 0.29) is 31.1 Å². The van der Waals surface area contributed by atoms with Gasteiger partial charge in [0.1, 0.15) is 10.8 Å². The number of benzene rings is 2. The normalized spacial score (nSPS) is 10.3. The van der Waals surface area contributed by atoms with Crippen LogP contribution in [0.15, 0.2) is 39.3 Å². The number of ether oxygens (including phenoxy) is 1. The lowest BCUT2D eigenvalue weighted by molar-refractivity contribution is -0.384. The monoisotopic (exact) mass is 466 g/mol. The van der Waals surface area contributed by atoms with Crippen LogP contribution >= 0.6 is 43.5 Å². The summed E-state index contributed by atoms with van der Waals surface area (Å²) in [6.45, 7) is 0. The molecule has 23 heavy (non-hydrogen) atoms. The number of rotatable bonds is 3. The van der Waals surface area contributed by atoms with Crippen LogP contribution in [0.3, 0.4) is 0 Å². The van der Waals surface area contributed by atoms with E-state index in [4.69, 9.17) is 16.3 Å². The molecule has 0 unspecified atom stereocenters. The maximum Gasteiger partial charge on any atom is 0.417 e. The Bertz CT molecular complexity index is 781. The summed E-state index contributed by atoms with van der Waals surface area (Å²) in [6, 6.07) is 6.00. The molecule has 0 saturated heterocycles. The van der Waals surface area contributed by atoms with E-state index >= 15 is 0 Å². The number of nitro groups is 1. The van der Waals surface area contributed by atoms with Gasteiger partial charge in [0.05, 0.1) is 19.6 Å². The molecular weight excluding hydrogens is 462 g/mol. The molecule has 0 radical (unpaired) electrons. The molecule has 0 aromatic heterocycles. The molecule has 1 N–H and O–H groups in total. The third-order valence-electron chi connectivity index (χ3n) is 2.55. The molecule has 6 nitrogen and oxygen atoms in total. The van der Waals surface area contributed by atoms with Gasteiger partial charge in [-0.15, -0.1) is 0 Å². The van der Waals surface area contributed by atoms with Crippen LogP contribution < -0.4 is 10.1 Å². The molecule has 10 heteroatoms. The molecule has 0 fully saturated rings. The summed E-state index contributed by atoms with van der Waals surface area (Å²) in [5.74, 6) is -0.461. The van der Waals surface area contributed by atoms with Gasteiger partial charge in [0.2, 0.25) is 0 Å². The van der Waals surface area contributed by atoms with E-state index in [0.29, 0.717) is 0 Å². The third-order valence-corrected chi connectivity index (χ3v) is 4.04. The van der Waals surface area contributed by atoms with Crippen LogP contribution in [0.4, 0.5) is 20.6 Å². The van der Waals surface area contributed by atoms with E-state index in [1.165, 1.54) is 12.1 Å². The molecule has 2 aromatic rings. The molecule has 0 saturated carbocycles. The first kappa shape index (κ1) is 17.6. The molecular formula is C13H6Br2ClFN2O4. The Morgan fingerprint density at radius 3 is 2.43 bits per heavy atom. The van der Waals surface area contributed by atoms with Gasteiger partial charge in [0.15, 0.2) is 5.75 Å². The fourth-order valence-electron chi connectivity index (χ4n) is 1.59. The highest BCUT2D eigenvalue weighted by Crippen LogP contribution is 2.34. The van der Waals surface area contributed by atoms with Gasteiger partial charge in [-0.25, -0.2) is 9.18 Å². The number of anilines is 1. The molecule has 0 heterocycles. The average molecular weight is 468 g/mol. The molecule has 2 rings (SSSR count). The average Bonchev–Trinajstić information content (AvgIpc) is 2.44. The number of nitrogens with zero attached hydrogens (tertiary/aromatic N) is 1. The SMILES string of the molecule is O=C(Nc1ccc(Cl)c([N+](=O)[O-])c1)Oc1c(Br)cc(F)cc1Br. The van der Waals surface area contributed by atoms with Crippen LogP contribution in [-0.2, 0) is 0 Å². The molecule has 120 valence electrons. The Kier molecular flexibility index (Phi) is 5.55. The molecule has 2 aromatic carbocycles. The van der Waals surface area contributed by atoms with E-state index in [9.17, 15) is 19.3 Å². The summed E-state index contributed by atoms with van der Waals surface area (Å²) in [6.07, 6.45) is -0.908. The summed E-state index contributed by atoms with van der Waals surface area (Å²) >= 11 is 11.8. The first-order valence-corrected chi connectivity index (χ1v) is 7.81. The van der Waals surface area contributed by atoms with Crippen molar-refractivity contribution in [3.63, 3.8) is 0 Å². The zero-order valence-corrected chi connectivity index (χ0v) is 14.9. The Labute approximate surface area is 151 Å². The summed E-state index contributed by atoms with van der Waals surface area (Å²) in [7, 11) is 0. The number of carbonyl (C=O) groups is 1. The first-order chi connectivity index (χ1) is 10.8. The van der Waals surface area contributed by atoms with Crippen molar-refractivity contribution >= 4 is 60.9 Å². The fraction of sp³-hybridized carbons (Fsp3) is 0. The lowest BCUT2D eigenvalue weighted by Crippen LogP contribution is -2.17. The molecule has 0 aliphatic rings. The van der Waals surface area contributed by atoms with Crippen molar-refractivity contribution in [2.45, 2.75) is 0 Å². The minimum Gasteiger partial charge on any atom is -0.408 e. The zero-order valence-electron chi connectivity index (χ0n) is 11.0. The largest absolute Gasteiger partial charge is 0.417 e. The molecule has 0 aliphatic heterocycles. The molecule has 0 atom stereocenters. The van der Waals surface area contributed by atoms with Gasteiger partial charge >= 0.3 is 6.09 Å². The van der Waals surface area contributed by atoms with Crippen LogP contribution in [0.2, 0.25) is 5.02 Å². The minimum atomic E-state index is -0.908. The van der Waals surface area contributed by atoms with Gasteiger partial charge in [-0.2, -0.15) is 0 Å². The second-order valence-corrected chi connectivity index (χ2v) is 6.25. The summed E-state index contributed by atoms with van der Waals surface area (Å²) < 4.78 is 18.7. The van der Waals surface area contributed by atoms with Gasteiger partial charge < -0.3 is 4.74 Å². The van der Waals surface area contributed by atoms with Gasteiger partial charge in [-0.05, 0) is 56.1 Å². The lowest BCUT2D eigenvalue weighted by Gasteiger charge is -2.10. The summed E-state index contributed by atoms with van der Waals surface area (Å²) in [4.78, 5) is 22.0. The van der Waals surface area contributed by atoms with E-state index in [1.54, 1.807) is 0 Å². The standard InChI is InChI=1S/C13H6Br2ClFN2O4/c14-8-3-6(17)4-9(15)12(8)23-13(20)18-7-1-2-10(16)11(5-7)19(21)22/h1-5H,(H,18,20). The Morgan fingerprint density at radius 1 is 1.26 bits per heavy atom. The topological polar surface area (TPSA) is 81.5 Å². The van der Waals surface area contributed by atoms with E-state index in [0.717, 1.165) is 18.2 Å². The molecule has 0 aliphatic carbocycles. The van der Waals surface area contributed by atoms with Crippen molar-refractivity contribution in [1.82, 2.24) is 0 Å². The fourth-order valence-corrected chi connectivity index (χ4v) is 3.07. The highest BCUT2D eigenvalue weighted by atomic mass is 79.9. The van der Waals surface area contributed by atoms with Crippen molar-refractivity contribution in [1.29, 1.82) is 0 Å². The third kappa shape index (κ3) is 4.40. The smallest absolute Gasteiger partial charge is 0.408 e. The quantitative estimate of drug-likeness (QED) is 0.475. The van der Waals surface area contributed by atoms with Crippen LogP contribution in [0, 0.1) is 15.9 Å². The molecule has 1 amide bonds. The van der Waals surface area contributed by atoms with Crippen molar-refractivity contribution in [2.75, 3.05) is 5.32 Å². The number of hydrogen-bond acceptors (Lipinski definition) is 4. The Hall–Kier alpha value is -1.71. The van der Waals surface area contributed by atoms with E-state index in [2.05, 4.69) is 37.2 Å². The second-order valence-electron chi connectivity index (χ2n) is 4.14. The van der Waals surface area contributed by atoms with Gasteiger partial charge in [-0.1, -0.05) is 11.6 Å². The van der Waals surface area contributed by atoms with Crippen molar-refractivity contribution in [3.05, 3.63) is 60.2 Å². The van der Waals surface area contributed by atoms with Crippen molar-refractivity contribution in [3.8, 4) is 5.75 Å². The first-order valence-electron chi connectivity index (χ1n) is 5.85. The highest BCUT2D eigenvalue weighted by molar-refractivity contribution is 9.11. The van der Waals surface area contributed by atoms with Crippen molar-refractivity contribution in [2.24, 2.45) is 0 Å². The van der Waals surface area contributed by atoms with Crippen LogP contribution in [0.25, 0.3) is 0 Å². The van der Waals surface area contributed by atoms with Gasteiger partial charge in [-0.3, -0.25) is 15.4 Å². The Balaban J connectivity index is 2.18. The maximum atomic E-state index is 13.2. The zero-order chi connectivity index (χ0) is 17.1. The number of amides is 1. The highest BCUT2D eigenvalue weighted by Gasteiger charge is 2.16. The number of halogens is 4. The van der Waals surface area contributed by atoms with Crippen LogP contribution in [0.5, 0.6) is 5.75 Å². The van der Waals surface area contributed by atoms with E-state index < -0.39 is 16.8 Å². The maximum absolute atomic E-state index is 13.2. The number of nitro benzene ring substituents is 1. The second kappa shape index (κ2) is 7.24. The molecule has 0 bridgehead atoms. The summed E-state index contributed by atoms with van der Waals surface area (Å²) in [5, 5.41) is 13.1. The predicted molar refractivity (Wildman–Crippen MR) is 89.6 cm³/mol. The summed E-state index contributed by atoms with van der Waals surface area (Å²) in [5.41, 5.74) is -0.228. The Morgan fingerprint density at radius 2 is 1.87 bits per heavy atom. The number of carbonyl (C=O) groups excluding carboxylic acids is 1. The lowest BCUT2D eigenvalue weighted by atomic mass is 10.3. The van der Waals surface area contributed by atoms with Gasteiger partial charge in [0.25, 0.3) is 5.69 Å². The van der Waals surface area contributed by atoms with Crippen molar-refractivity contribution < 1.29 is 18.8 Å². The molecule has 0 spiro atoms. The number of nitrogens with one attached hydrogen (secondary N) is 1. The predicted octanol–water partition coefficient (Wildman–Crippen LogP) is 5.52. The number of hydrogen-bond donors (Lipinski definition) is 1.